The van der Waals surface area contributed by atoms with Crippen molar-refractivity contribution in [2.75, 3.05) is 33.6 Å². The minimum atomic E-state index is -0.833. The monoisotopic (exact) mass is 409 g/mol. The van der Waals surface area contributed by atoms with Crippen molar-refractivity contribution < 1.29 is 19.4 Å². The Morgan fingerprint density at radius 2 is 1.86 bits per heavy atom. The number of anilines is 1. The van der Waals surface area contributed by atoms with E-state index in [4.69, 9.17) is 24.8 Å². The van der Waals surface area contributed by atoms with Gasteiger partial charge < -0.3 is 30.1 Å². The molecule has 1 aromatic heterocycles. The Kier molecular flexibility index (Phi) is 9.75. The number of aliphatic carboxylic acids is 1. The number of carbonyl (C=O) groups is 1. The molecule has 0 saturated carbocycles. The highest BCUT2D eigenvalue weighted by molar-refractivity contribution is 7.13. The molecule has 1 heterocycles. The fraction of sp³-hybridized carbons (Fsp3) is 0.389. The predicted octanol–water partition coefficient (Wildman–Crippen LogP) is 2.45. The molecule has 0 aliphatic rings. The molecule has 0 atom stereocenters. The van der Waals surface area contributed by atoms with Crippen molar-refractivity contribution in [3.8, 4) is 11.5 Å². The Labute approximate surface area is 168 Å². The highest BCUT2D eigenvalue weighted by atomic mass is 32.1. The zero-order valence-electron chi connectivity index (χ0n) is 16.7. The molecular formula is C18H27N5O4S. The van der Waals surface area contributed by atoms with E-state index in [1.165, 1.54) is 11.3 Å². The lowest BCUT2D eigenvalue weighted by molar-refractivity contribution is -0.134. The predicted molar refractivity (Wildman–Crippen MR) is 111 cm³/mol. The lowest BCUT2D eigenvalue weighted by Crippen LogP contribution is -2.29. The fourth-order valence-electron chi connectivity index (χ4n) is 2.19. The Morgan fingerprint density at radius 1 is 1.29 bits per heavy atom. The van der Waals surface area contributed by atoms with Gasteiger partial charge in [-0.2, -0.15) is 0 Å². The van der Waals surface area contributed by atoms with E-state index in [2.05, 4.69) is 20.5 Å². The Morgan fingerprint density at radius 3 is 2.36 bits per heavy atom. The van der Waals surface area contributed by atoms with Crippen LogP contribution in [-0.2, 0) is 17.9 Å². The van der Waals surface area contributed by atoms with Crippen molar-refractivity contribution in [3.05, 3.63) is 34.8 Å². The van der Waals surface area contributed by atoms with Crippen molar-refractivity contribution in [1.82, 2.24) is 15.2 Å². The van der Waals surface area contributed by atoms with Gasteiger partial charge in [-0.1, -0.05) is 6.07 Å². The summed E-state index contributed by atoms with van der Waals surface area (Å²) >= 11 is 1.48. The average Bonchev–Trinajstić information content (AvgIpc) is 3.04. The van der Waals surface area contributed by atoms with Gasteiger partial charge in [0.15, 0.2) is 11.1 Å². The number of hydrogen-bond acceptors (Lipinski definition) is 7. The fourth-order valence-corrected chi connectivity index (χ4v) is 2.90. The highest BCUT2D eigenvalue weighted by Gasteiger charge is 2.11. The average molecular weight is 410 g/mol. The van der Waals surface area contributed by atoms with Gasteiger partial charge in [-0.3, -0.25) is 10.2 Å². The number of carboxylic acids is 1. The molecule has 0 aliphatic carbocycles. The van der Waals surface area contributed by atoms with Crippen molar-refractivity contribution >= 4 is 28.4 Å². The number of thiazole rings is 1. The summed E-state index contributed by atoms with van der Waals surface area (Å²) < 4.78 is 10.7. The Hall–Kier alpha value is -2.85. The van der Waals surface area contributed by atoms with Crippen LogP contribution in [0.3, 0.4) is 0 Å². The Balaban J connectivity index is 0.000000892. The maximum atomic E-state index is 9.00. The lowest BCUT2D eigenvalue weighted by atomic mass is 10.1. The van der Waals surface area contributed by atoms with Crippen LogP contribution in [0.5, 0.6) is 11.5 Å². The summed E-state index contributed by atoms with van der Waals surface area (Å²) in [5.74, 6) is 0.781. The summed E-state index contributed by atoms with van der Waals surface area (Å²) in [6.45, 7) is 2.27. The number of benzene rings is 1. The van der Waals surface area contributed by atoms with E-state index in [-0.39, 0.29) is 5.96 Å². The summed E-state index contributed by atoms with van der Waals surface area (Å²) in [7, 11) is 7.22. The minimum absolute atomic E-state index is 0.175. The molecule has 10 heteroatoms. The molecular weight excluding hydrogens is 382 g/mol. The van der Waals surface area contributed by atoms with Gasteiger partial charge >= 0.3 is 0 Å². The van der Waals surface area contributed by atoms with Crippen molar-refractivity contribution in [2.45, 2.75) is 20.0 Å². The third-order valence-electron chi connectivity index (χ3n) is 3.23. The van der Waals surface area contributed by atoms with Crippen LogP contribution in [0.25, 0.3) is 0 Å². The van der Waals surface area contributed by atoms with Gasteiger partial charge in [-0.15, -0.1) is 11.3 Å². The van der Waals surface area contributed by atoms with Gasteiger partial charge in [0, 0.05) is 18.8 Å². The van der Waals surface area contributed by atoms with Crippen molar-refractivity contribution in [1.29, 1.82) is 5.41 Å². The van der Waals surface area contributed by atoms with Gasteiger partial charge in [-0.05, 0) is 26.2 Å². The van der Waals surface area contributed by atoms with Crippen molar-refractivity contribution in [3.63, 3.8) is 0 Å². The third kappa shape index (κ3) is 8.23. The number of carboxylic acid groups (broad SMARTS) is 1. The van der Waals surface area contributed by atoms with Crippen LogP contribution in [0.2, 0.25) is 0 Å². The normalized spacial score (nSPS) is 9.93. The van der Waals surface area contributed by atoms with Crippen LogP contribution in [0.15, 0.2) is 23.6 Å². The third-order valence-corrected chi connectivity index (χ3v) is 4.04. The molecule has 2 aromatic rings. The first-order valence-electron chi connectivity index (χ1n) is 8.34. The first-order chi connectivity index (χ1) is 13.3. The molecule has 9 nitrogen and oxygen atoms in total. The van der Waals surface area contributed by atoms with Crippen LogP contribution in [-0.4, -0.2) is 55.2 Å². The number of nitrogens with zero attached hydrogens (tertiary/aromatic N) is 2. The molecule has 0 saturated heterocycles. The van der Waals surface area contributed by atoms with Crippen LogP contribution in [0.4, 0.5) is 5.13 Å². The Bertz CT molecular complexity index is 753. The van der Waals surface area contributed by atoms with Gasteiger partial charge in [0.25, 0.3) is 5.97 Å². The highest BCUT2D eigenvalue weighted by Crippen LogP contribution is 2.27. The quantitative estimate of drug-likeness (QED) is 0.407. The summed E-state index contributed by atoms with van der Waals surface area (Å²) in [4.78, 5) is 15.5. The molecule has 28 heavy (non-hydrogen) atoms. The second-order valence-corrected chi connectivity index (χ2v) is 6.75. The van der Waals surface area contributed by atoms with Gasteiger partial charge in [-0.25, -0.2) is 4.98 Å². The number of rotatable bonds is 7. The van der Waals surface area contributed by atoms with E-state index in [1.54, 1.807) is 14.2 Å². The summed E-state index contributed by atoms with van der Waals surface area (Å²) in [5, 5.41) is 24.1. The topological polar surface area (TPSA) is 120 Å². The van der Waals surface area contributed by atoms with Gasteiger partial charge in [0.05, 0.1) is 32.0 Å². The van der Waals surface area contributed by atoms with Gasteiger partial charge in [0.1, 0.15) is 11.5 Å². The molecule has 154 valence electrons. The zero-order valence-corrected chi connectivity index (χ0v) is 17.5. The van der Waals surface area contributed by atoms with E-state index < -0.39 is 5.97 Å². The number of hydrogen-bond donors (Lipinski definition) is 4. The molecule has 0 radical (unpaired) electrons. The number of aromatic nitrogens is 1. The molecule has 2 rings (SSSR count). The molecule has 0 fully saturated rings. The first kappa shape index (κ1) is 23.2. The molecule has 0 aliphatic heterocycles. The maximum absolute atomic E-state index is 9.00. The van der Waals surface area contributed by atoms with E-state index in [9.17, 15) is 0 Å². The molecule has 0 amide bonds. The zero-order chi connectivity index (χ0) is 21.1. The van der Waals surface area contributed by atoms with Crippen LogP contribution in [0.1, 0.15) is 18.2 Å². The molecule has 0 spiro atoms. The standard InChI is InChI=1S/C16H23N5O2S.C2H4O2/c1-21(2)9-11-10-24-16(19-11)20-15(17)18-8-12-13(22-3)6-5-7-14(12)23-4;1-2(3)4/h5-7,10H,8-9H2,1-4H3,(H3,17,18,19,20);1H3,(H,3,4). The van der Waals surface area contributed by atoms with E-state index in [0.717, 1.165) is 36.2 Å². The summed E-state index contributed by atoms with van der Waals surface area (Å²) in [5.41, 5.74) is 1.84. The van der Waals surface area contributed by atoms with Crippen LogP contribution in [0, 0.1) is 5.41 Å². The van der Waals surface area contributed by atoms with E-state index >= 15 is 0 Å². The SMILES string of the molecule is CC(=O)O.COc1cccc(OC)c1CNC(=N)Nc1nc(CN(C)C)cs1. The molecule has 0 unspecified atom stereocenters. The minimum Gasteiger partial charge on any atom is -0.496 e. The van der Waals surface area contributed by atoms with Gasteiger partial charge in [0.2, 0.25) is 0 Å². The lowest BCUT2D eigenvalue weighted by Gasteiger charge is -2.14. The number of ether oxygens (including phenoxy) is 2. The maximum Gasteiger partial charge on any atom is 0.300 e. The summed E-state index contributed by atoms with van der Waals surface area (Å²) in [6, 6.07) is 5.60. The van der Waals surface area contributed by atoms with E-state index in [0.29, 0.717) is 11.7 Å². The van der Waals surface area contributed by atoms with Crippen LogP contribution < -0.4 is 20.1 Å². The summed E-state index contributed by atoms with van der Waals surface area (Å²) in [6.07, 6.45) is 0. The second-order valence-electron chi connectivity index (χ2n) is 5.90. The number of methoxy groups -OCH3 is 2. The number of guanidine groups is 1. The second kappa shape index (κ2) is 11.8. The largest absolute Gasteiger partial charge is 0.496 e. The number of nitrogens with one attached hydrogen (secondary N) is 3. The smallest absolute Gasteiger partial charge is 0.300 e. The molecule has 0 bridgehead atoms. The first-order valence-corrected chi connectivity index (χ1v) is 9.22. The van der Waals surface area contributed by atoms with Crippen LogP contribution >= 0.6 is 11.3 Å². The molecule has 4 N–H and O–H groups in total. The van der Waals surface area contributed by atoms with E-state index in [1.807, 2.05) is 37.7 Å². The molecule has 1 aromatic carbocycles. The van der Waals surface area contributed by atoms with Crippen molar-refractivity contribution in [2.24, 2.45) is 0 Å².